The number of nitrogens with one attached hydrogen (secondary N) is 2. The fourth-order valence-corrected chi connectivity index (χ4v) is 3.12. The zero-order valence-corrected chi connectivity index (χ0v) is 13.5. The summed E-state index contributed by atoms with van der Waals surface area (Å²) in [6.45, 7) is 1.96. The van der Waals surface area contributed by atoms with Crippen LogP contribution in [0.2, 0.25) is 0 Å². The fourth-order valence-electron chi connectivity index (χ4n) is 2.29. The maximum Gasteiger partial charge on any atom is 0.239 e. The van der Waals surface area contributed by atoms with E-state index < -0.39 is 0 Å². The highest BCUT2D eigenvalue weighted by atomic mass is 32.1. The summed E-state index contributed by atoms with van der Waals surface area (Å²) in [4.78, 5) is 13.2. The van der Waals surface area contributed by atoms with Crippen LogP contribution < -0.4 is 10.6 Å². The lowest BCUT2D eigenvalue weighted by atomic mass is 10.1. The van der Waals surface area contributed by atoms with Gasteiger partial charge in [0.25, 0.3) is 0 Å². The molecule has 0 saturated carbocycles. The molecule has 0 saturated heterocycles. The Morgan fingerprint density at radius 3 is 2.74 bits per heavy atom. The summed E-state index contributed by atoms with van der Waals surface area (Å²) >= 11 is 1.66. The van der Waals surface area contributed by atoms with Gasteiger partial charge < -0.3 is 9.84 Å². The minimum atomic E-state index is -0.157. The second-order valence-corrected chi connectivity index (χ2v) is 6.09. The van der Waals surface area contributed by atoms with E-state index in [0.29, 0.717) is 11.6 Å². The van der Waals surface area contributed by atoms with E-state index in [-0.39, 0.29) is 18.5 Å². The Morgan fingerprint density at radius 2 is 2.09 bits per heavy atom. The standard InChI is InChI=1S/C17H17N3O2S/c1-12-10-15(20-22-12)19-16(21)11-18-17(14-8-5-9-23-14)13-6-3-2-4-7-13/h2-10,17-18H,11H2,1H3,(H,19,20,21). The number of carbonyl (C=O) groups is 1. The van der Waals surface area contributed by atoms with Crippen LogP contribution in [-0.4, -0.2) is 17.6 Å². The smallest absolute Gasteiger partial charge is 0.239 e. The topological polar surface area (TPSA) is 67.2 Å². The first kappa shape index (κ1) is 15.5. The molecule has 2 N–H and O–H groups in total. The molecule has 0 bridgehead atoms. The van der Waals surface area contributed by atoms with Crippen LogP contribution in [0.25, 0.3) is 0 Å². The first-order chi connectivity index (χ1) is 11.2. The van der Waals surface area contributed by atoms with Crippen LogP contribution in [0.1, 0.15) is 22.2 Å². The zero-order chi connectivity index (χ0) is 16.1. The van der Waals surface area contributed by atoms with E-state index in [2.05, 4.69) is 34.0 Å². The van der Waals surface area contributed by atoms with Crippen molar-refractivity contribution in [2.75, 3.05) is 11.9 Å². The van der Waals surface area contributed by atoms with Crippen molar-refractivity contribution in [2.45, 2.75) is 13.0 Å². The summed E-state index contributed by atoms with van der Waals surface area (Å²) in [5.41, 5.74) is 1.13. The van der Waals surface area contributed by atoms with E-state index in [1.807, 2.05) is 29.6 Å². The van der Waals surface area contributed by atoms with Crippen molar-refractivity contribution in [2.24, 2.45) is 0 Å². The summed E-state index contributed by atoms with van der Waals surface area (Å²) in [6.07, 6.45) is 0. The van der Waals surface area contributed by atoms with Crippen molar-refractivity contribution in [1.29, 1.82) is 0 Å². The Bertz CT molecular complexity index is 753. The van der Waals surface area contributed by atoms with E-state index in [4.69, 9.17) is 4.52 Å². The summed E-state index contributed by atoms with van der Waals surface area (Å²) in [5.74, 6) is 0.937. The Labute approximate surface area is 138 Å². The zero-order valence-electron chi connectivity index (χ0n) is 12.7. The molecule has 1 amide bonds. The monoisotopic (exact) mass is 327 g/mol. The van der Waals surface area contributed by atoms with Crippen molar-refractivity contribution in [3.8, 4) is 0 Å². The first-order valence-corrected chi connectivity index (χ1v) is 8.15. The molecule has 6 heteroatoms. The third-order valence-corrected chi connectivity index (χ3v) is 4.26. The molecule has 1 atom stereocenters. The number of hydrogen-bond donors (Lipinski definition) is 2. The van der Waals surface area contributed by atoms with Gasteiger partial charge >= 0.3 is 0 Å². The number of hydrogen-bond acceptors (Lipinski definition) is 5. The number of thiophene rings is 1. The van der Waals surface area contributed by atoms with Gasteiger partial charge in [-0.05, 0) is 23.9 Å². The van der Waals surface area contributed by atoms with Crippen LogP contribution in [0.15, 0.2) is 58.4 Å². The van der Waals surface area contributed by atoms with Gasteiger partial charge in [-0.3, -0.25) is 10.1 Å². The number of amides is 1. The molecule has 1 unspecified atom stereocenters. The maximum atomic E-state index is 12.1. The Morgan fingerprint density at radius 1 is 1.26 bits per heavy atom. The second-order valence-electron chi connectivity index (χ2n) is 5.11. The van der Waals surface area contributed by atoms with E-state index in [9.17, 15) is 4.79 Å². The number of carbonyl (C=O) groups excluding carboxylic acids is 1. The van der Waals surface area contributed by atoms with Crippen LogP contribution >= 0.6 is 11.3 Å². The van der Waals surface area contributed by atoms with Crippen molar-refractivity contribution >= 4 is 23.1 Å². The van der Waals surface area contributed by atoms with Gasteiger partial charge in [-0.1, -0.05) is 41.6 Å². The lowest BCUT2D eigenvalue weighted by molar-refractivity contribution is -0.115. The molecule has 2 heterocycles. The molecule has 2 aromatic heterocycles. The molecular formula is C17H17N3O2S. The SMILES string of the molecule is Cc1cc(NC(=O)CNC(c2ccccc2)c2cccs2)no1. The molecule has 0 spiro atoms. The molecule has 0 radical (unpaired) electrons. The van der Waals surface area contributed by atoms with Gasteiger partial charge in [0.1, 0.15) is 5.76 Å². The average Bonchev–Trinajstić information content (AvgIpc) is 3.21. The normalized spacial score (nSPS) is 12.0. The van der Waals surface area contributed by atoms with Crippen molar-refractivity contribution in [3.05, 3.63) is 70.1 Å². The number of rotatable bonds is 6. The quantitative estimate of drug-likeness (QED) is 0.728. The first-order valence-electron chi connectivity index (χ1n) is 7.27. The van der Waals surface area contributed by atoms with Gasteiger partial charge in [-0.2, -0.15) is 0 Å². The highest BCUT2D eigenvalue weighted by Crippen LogP contribution is 2.25. The number of nitrogens with zero attached hydrogens (tertiary/aromatic N) is 1. The van der Waals surface area contributed by atoms with Gasteiger partial charge in [0, 0.05) is 10.9 Å². The third kappa shape index (κ3) is 4.06. The number of aromatic nitrogens is 1. The van der Waals surface area contributed by atoms with E-state index in [0.717, 1.165) is 5.56 Å². The highest BCUT2D eigenvalue weighted by Gasteiger charge is 2.16. The molecule has 118 valence electrons. The van der Waals surface area contributed by atoms with Crippen molar-refractivity contribution in [1.82, 2.24) is 10.5 Å². The largest absolute Gasteiger partial charge is 0.360 e. The van der Waals surface area contributed by atoms with Crippen LogP contribution in [0.5, 0.6) is 0 Å². The van der Waals surface area contributed by atoms with Crippen LogP contribution in [0, 0.1) is 6.92 Å². The van der Waals surface area contributed by atoms with Crippen LogP contribution in [-0.2, 0) is 4.79 Å². The van der Waals surface area contributed by atoms with Crippen molar-refractivity contribution < 1.29 is 9.32 Å². The lowest BCUT2D eigenvalue weighted by Crippen LogP contribution is -2.31. The molecule has 0 aliphatic carbocycles. The van der Waals surface area contributed by atoms with Gasteiger partial charge in [0.2, 0.25) is 5.91 Å². The van der Waals surface area contributed by atoms with E-state index in [1.54, 1.807) is 24.3 Å². The highest BCUT2D eigenvalue weighted by molar-refractivity contribution is 7.10. The van der Waals surface area contributed by atoms with E-state index in [1.165, 1.54) is 4.88 Å². The molecule has 3 aromatic rings. The molecule has 5 nitrogen and oxygen atoms in total. The second kappa shape index (κ2) is 7.21. The Balaban J connectivity index is 1.66. The number of aryl methyl sites for hydroxylation is 1. The molecule has 1 aromatic carbocycles. The third-order valence-electron chi connectivity index (χ3n) is 3.32. The predicted molar refractivity (Wildman–Crippen MR) is 90.5 cm³/mol. The summed E-state index contributed by atoms with van der Waals surface area (Å²) in [5, 5.41) is 11.8. The van der Waals surface area contributed by atoms with Crippen LogP contribution in [0.3, 0.4) is 0 Å². The predicted octanol–water partition coefficient (Wildman–Crippen LogP) is 3.36. The molecule has 0 aliphatic rings. The number of benzene rings is 1. The Kier molecular flexibility index (Phi) is 4.85. The summed E-state index contributed by atoms with van der Waals surface area (Å²) in [7, 11) is 0. The van der Waals surface area contributed by atoms with Crippen LogP contribution in [0.4, 0.5) is 5.82 Å². The van der Waals surface area contributed by atoms with Gasteiger partial charge in [0.15, 0.2) is 5.82 Å². The Hall–Kier alpha value is -2.44. The summed E-state index contributed by atoms with van der Waals surface area (Å²) < 4.78 is 4.94. The molecule has 3 rings (SSSR count). The maximum absolute atomic E-state index is 12.1. The van der Waals surface area contributed by atoms with Gasteiger partial charge in [0.05, 0.1) is 12.6 Å². The summed E-state index contributed by atoms with van der Waals surface area (Å²) in [6, 6.07) is 15.8. The van der Waals surface area contributed by atoms with Crippen molar-refractivity contribution in [3.63, 3.8) is 0 Å². The molecule has 0 fully saturated rings. The lowest BCUT2D eigenvalue weighted by Gasteiger charge is -2.17. The fraction of sp³-hybridized carbons (Fsp3) is 0.176. The minimum Gasteiger partial charge on any atom is -0.360 e. The molecular weight excluding hydrogens is 310 g/mol. The minimum absolute atomic E-state index is 0.0130. The molecule has 0 aliphatic heterocycles. The van der Waals surface area contributed by atoms with E-state index >= 15 is 0 Å². The molecule has 23 heavy (non-hydrogen) atoms. The number of anilines is 1. The van der Waals surface area contributed by atoms with Gasteiger partial charge in [-0.15, -0.1) is 11.3 Å². The average molecular weight is 327 g/mol. The van der Waals surface area contributed by atoms with Gasteiger partial charge in [-0.25, -0.2) is 0 Å².